The number of anilines is 1. The van der Waals surface area contributed by atoms with E-state index in [-0.39, 0.29) is 12.4 Å². The molecule has 0 saturated heterocycles. The van der Waals surface area contributed by atoms with Gasteiger partial charge in [-0.2, -0.15) is 9.37 Å². The van der Waals surface area contributed by atoms with E-state index in [4.69, 9.17) is 0 Å². The van der Waals surface area contributed by atoms with Crippen LogP contribution in [0.2, 0.25) is 0 Å². The van der Waals surface area contributed by atoms with Crippen LogP contribution in [0.4, 0.5) is 19.0 Å². The number of aryl methyl sites for hydroxylation is 1. The second kappa shape index (κ2) is 4.99. The number of pyridine rings is 1. The average Bonchev–Trinajstić information content (AvgIpc) is 2.34. The third kappa shape index (κ3) is 2.73. The zero-order chi connectivity index (χ0) is 13.1. The average molecular weight is 254 g/mol. The molecule has 0 aromatic carbocycles. The highest BCUT2D eigenvalue weighted by Crippen LogP contribution is 2.14. The van der Waals surface area contributed by atoms with Gasteiger partial charge in [0.05, 0.1) is 24.1 Å². The first-order chi connectivity index (χ1) is 8.56. The molecule has 0 fully saturated rings. The Morgan fingerprint density at radius 3 is 2.56 bits per heavy atom. The number of rotatable bonds is 3. The van der Waals surface area contributed by atoms with E-state index in [2.05, 4.69) is 20.3 Å². The van der Waals surface area contributed by atoms with Gasteiger partial charge >= 0.3 is 0 Å². The fourth-order valence-corrected chi connectivity index (χ4v) is 1.25. The van der Waals surface area contributed by atoms with Crippen molar-refractivity contribution in [2.24, 2.45) is 0 Å². The van der Waals surface area contributed by atoms with Crippen LogP contribution >= 0.6 is 0 Å². The van der Waals surface area contributed by atoms with Crippen LogP contribution in [-0.2, 0) is 6.54 Å². The zero-order valence-corrected chi connectivity index (χ0v) is 9.41. The lowest BCUT2D eigenvalue weighted by Gasteiger charge is -2.06. The maximum absolute atomic E-state index is 13.2. The van der Waals surface area contributed by atoms with Crippen molar-refractivity contribution in [3.05, 3.63) is 47.4 Å². The zero-order valence-electron chi connectivity index (χ0n) is 9.41. The largest absolute Gasteiger partial charge is 0.362 e. The Hall–Kier alpha value is -2.18. The second-order valence-corrected chi connectivity index (χ2v) is 3.59. The van der Waals surface area contributed by atoms with E-state index >= 15 is 0 Å². The molecule has 7 heteroatoms. The van der Waals surface area contributed by atoms with Gasteiger partial charge in [-0.15, -0.1) is 0 Å². The standard InChI is InChI=1S/C11H9F3N4/c1-6-3-16-7(4-15-6)5-17-11-9(13)2-8(12)10(14)18-11/h2-4H,5H2,1H3,(H,17,18). The smallest absolute Gasteiger partial charge is 0.251 e. The molecule has 2 rings (SSSR count). The minimum atomic E-state index is -1.35. The van der Waals surface area contributed by atoms with E-state index in [9.17, 15) is 13.2 Å². The molecule has 0 aliphatic carbocycles. The molecule has 0 aliphatic heterocycles. The predicted octanol–water partition coefficient (Wildman–Crippen LogP) is 2.21. The molecule has 2 aromatic heterocycles. The lowest BCUT2D eigenvalue weighted by molar-refractivity contribution is 0.466. The normalized spacial score (nSPS) is 10.4. The van der Waals surface area contributed by atoms with Crippen LogP contribution in [0.5, 0.6) is 0 Å². The van der Waals surface area contributed by atoms with Gasteiger partial charge < -0.3 is 5.32 Å². The summed E-state index contributed by atoms with van der Waals surface area (Å²) >= 11 is 0. The first kappa shape index (κ1) is 12.3. The van der Waals surface area contributed by atoms with E-state index in [1.165, 1.54) is 6.20 Å². The van der Waals surface area contributed by atoms with Crippen molar-refractivity contribution in [3.63, 3.8) is 0 Å². The summed E-state index contributed by atoms with van der Waals surface area (Å²) in [5.74, 6) is -4.01. The number of nitrogens with zero attached hydrogens (tertiary/aromatic N) is 3. The van der Waals surface area contributed by atoms with Crippen LogP contribution in [0.15, 0.2) is 18.5 Å². The predicted molar refractivity (Wildman–Crippen MR) is 58.2 cm³/mol. The van der Waals surface area contributed by atoms with Crippen LogP contribution in [0, 0.1) is 24.5 Å². The molecule has 4 nitrogen and oxygen atoms in total. The Balaban J connectivity index is 2.10. The van der Waals surface area contributed by atoms with Gasteiger partial charge in [0.1, 0.15) is 0 Å². The van der Waals surface area contributed by atoms with E-state index in [0.29, 0.717) is 11.8 Å². The lowest BCUT2D eigenvalue weighted by atomic mass is 10.4. The number of halogens is 3. The molecule has 0 amide bonds. The fraction of sp³-hybridized carbons (Fsp3) is 0.182. The monoisotopic (exact) mass is 254 g/mol. The highest BCUT2D eigenvalue weighted by atomic mass is 19.2. The number of hydrogen-bond donors (Lipinski definition) is 1. The molecule has 0 bridgehead atoms. The summed E-state index contributed by atoms with van der Waals surface area (Å²) in [6.07, 6.45) is 3.05. The quantitative estimate of drug-likeness (QED) is 0.853. The lowest BCUT2D eigenvalue weighted by Crippen LogP contribution is -2.07. The molecule has 2 aromatic rings. The van der Waals surface area contributed by atoms with E-state index in [1.54, 1.807) is 13.1 Å². The number of aromatic nitrogens is 3. The summed E-state index contributed by atoms with van der Waals surface area (Å²) in [7, 11) is 0. The Kier molecular flexibility index (Phi) is 3.40. The van der Waals surface area contributed by atoms with Crippen molar-refractivity contribution < 1.29 is 13.2 Å². The van der Waals surface area contributed by atoms with Crippen molar-refractivity contribution in [1.82, 2.24) is 15.0 Å². The second-order valence-electron chi connectivity index (χ2n) is 3.59. The molecular weight excluding hydrogens is 245 g/mol. The van der Waals surface area contributed by atoms with Gasteiger partial charge in [-0.25, -0.2) is 8.78 Å². The molecule has 0 radical (unpaired) electrons. The first-order valence-electron chi connectivity index (χ1n) is 5.09. The van der Waals surface area contributed by atoms with Crippen LogP contribution in [0.1, 0.15) is 11.4 Å². The maximum Gasteiger partial charge on any atom is 0.251 e. The summed E-state index contributed by atoms with van der Waals surface area (Å²) in [4.78, 5) is 11.1. The minimum absolute atomic E-state index is 0.113. The molecule has 0 spiro atoms. The van der Waals surface area contributed by atoms with Crippen molar-refractivity contribution in [1.29, 1.82) is 0 Å². The minimum Gasteiger partial charge on any atom is -0.362 e. The molecule has 18 heavy (non-hydrogen) atoms. The molecule has 0 atom stereocenters. The SMILES string of the molecule is Cc1cnc(CNc2nc(F)c(F)cc2F)cn1. The Labute approximate surface area is 101 Å². The highest BCUT2D eigenvalue weighted by Gasteiger charge is 2.11. The summed E-state index contributed by atoms with van der Waals surface area (Å²) in [6, 6.07) is 0.436. The van der Waals surface area contributed by atoms with Crippen LogP contribution in [-0.4, -0.2) is 15.0 Å². The van der Waals surface area contributed by atoms with E-state index < -0.39 is 17.6 Å². The van der Waals surface area contributed by atoms with Crippen molar-refractivity contribution in [3.8, 4) is 0 Å². The molecule has 0 saturated carbocycles. The highest BCUT2D eigenvalue weighted by molar-refractivity contribution is 5.36. The third-order valence-electron chi connectivity index (χ3n) is 2.16. The summed E-state index contributed by atoms with van der Waals surface area (Å²) in [5, 5.41) is 2.52. The molecule has 0 unspecified atom stereocenters. The van der Waals surface area contributed by atoms with Crippen molar-refractivity contribution >= 4 is 5.82 Å². The first-order valence-corrected chi connectivity index (χ1v) is 5.09. The van der Waals surface area contributed by atoms with E-state index in [1.807, 2.05) is 0 Å². The molecule has 94 valence electrons. The van der Waals surface area contributed by atoms with Gasteiger partial charge in [0.25, 0.3) is 5.95 Å². The third-order valence-corrected chi connectivity index (χ3v) is 2.16. The fourth-order valence-electron chi connectivity index (χ4n) is 1.25. The van der Waals surface area contributed by atoms with E-state index in [0.717, 1.165) is 5.69 Å². The van der Waals surface area contributed by atoms with Crippen molar-refractivity contribution in [2.75, 3.05) is 5.32 Å². The molecular formula is C11H9F3N4. The summed E-state index contributed by atoms with van der Waals surface area (Å²) in [6.45, 7) is 1.89. The number of hydrogen-bond acceptors (Lipinski definition) is 4. The molecule has 2 heterocycles. The Morgan fingerprint density at radius 2 is 1.89 bits per heavy atom. The van der Waals surface area contributed by atoms with Crippen LogP contribution in [0.3, 0.4) is 0 Å². The van der Waals surface area contributed by atoms with Gasteiger partial charge in [-0.1, -0.05) is 0 Å². The molecule has 1 N–H and O–H groups in total. The summed E-state index contributed by atoms with van der Waals surface area (Å²) in [5.41, 5.74) is 1.28. The van der Waals surface area contributed by atoms with Crippen LogP contribution < -0.4 is 5.32 Å². The van der Waals surface area contributed by atoms with Crippen molar-refractivity contribution in [2.45, 2.75) is 13.5 Å². The van der Waals surface area contributed by atoms with Gasteiger partial charge in [0.2, 0.25) is 0 Å². The topological polar surface area (TPSA) is 50.7 Å². The van der Waals surface area contributed by atoms with Gasteiger partial charge in [-0.3, -0.25) is 9.97 Å². The van der Waals surface area contributed by atoms with Gasteiger partial charge in [-0.05, 0) is 6.92 Å². The Morgan fingerprint density at radius 1 is 1.11 bits per heavy atom. The van der Waals surface area contributed by atoms with Crippen LogP contribution in [0.25, 0.3) is 0 Å². The Bertz CT molecular complexity index is 557. The number of nitrogens with one attached hydrogen (secondary N) is 1. The molecule has 0 aliphatic rings. The van der Waals surface area contributed by atoms with Gasteiger partial charge in [0.15, 0.2) is 17.5 Å². The maximum atomic E-state index is 13.2. The van der Waals surface area contributed by atoms with Gasteiger partial charge in [0, 0.05) is 12.3 Å². The summed E-state index contributed by atoms with van der Waals surface area (Å²) < 4.78 is 38.7.